The molecule has 7 heteroatoms. The highest BCUT2D eigenvalue weighted by Crippen LogP contribution is 2.50. The summed E-state index contributed by atoms with van der Waals surface area (Å²) in [6, 6.07) is 43.7. The molecule has 0 bridgehead atoms. The Morgan fingerprint density at radius 3 is 1.57 bits per heavy atom. The fourth-order valence-corrected chi connectivity index (χ4v) is 8.33. The molecule has 1 unspecified atom stereocenters. The SMILES string of the molecule is Cc1c2n(c3ccc(-c4nc(C5=CC=CCC5C)nc(-c5ccccc5)n4)cc13)C(C)(C)c1cc(-c3nc(-c4ccccc4)nc(-c4ccccc4)n3)ccc1-2. The van der Waals surface area contributed by atoms with Gasteiger partial charge >= 0.3 is 0 Å². The Bertz CT molecular complexity index is 2810. The maximum Gasteiger partial charge on any atom is 0.164 e. The van der Waals surface area contributed by atoms with Crippen molar-refractivity contribution in [3.8, 4) is 68.2 Å². The molecule has 2 aliphatic rings. The lowest BCUT2D eigenvalue weighted by Crippen LogP contribution is -2.23. The standard InChI is InChI=1S/C49H39N7/c1-30-16-14-15-23-37(30)48-54-45(34-21-12-7-13-22-34)53-46(55-48)35-25-27-41-39(28-35)31(2)42-38-26-24-36(29-40(38)49(3,4)56(41)42)47-51-43(32-17-8-5-9-18-32)50-44(52-47)33-19-10-6-11-20-33/h5-15,17-30H,16H2,1-4H3. The van der Waals surface area contributed by atoms with E-state index in [2.05, 4.69) is 99.0 Å². The Morgan fingerprint density at radius 1 is 0.554 bits per heavy atom. The van der Waals surface area contributed by atoms with Crippen molar-refractivity contribution in [3.63, 3.8) is 0 Å². The van der Waals surface area contributed by atoms with Gasteiger partial charge in [-0.15, -0.1) is 0 Å². The molecule has 1 atom stereocenters. The lowest BCUT2D eigenvalue weighted by molar-refractivity contribution is 0.475. The first-order chi connectivity index (χ1) is 27.3. The van der Waals surface area contributed by atoms with Gasteiger partial charge in [-0.05, 0) is 68.5 Å². The number of aromatic nitrogens is 7. The highest BCUT2D eigenvalue weighted by Gasteiger charge is 2.38. The van der Waals surface area contributed by atoms with Gasteiger partial charge in [-0.2, -0.15) is 0 Å². The topological polar surface area (TPSA) is 82.3 Å². The number of aryl methyl sites for hydroxylation is 1. The summed E-state index contributed by atoms with van der Waals surface area (Å²) < 4.78 is 2.49. The van der Waals surface area contributed by atoms with Crippen molar-refractivity contribution in [2.24, 2.45) is 5.92 Å². The molecule has 0 saturated heterocycles. The van der Waals surface area contributed by atoms with E-state index in [-0.39, 0.29) is 5.54 Å². The van der Waals surface area contributed by atoms with Crippen LogP contribution in [0.1, 0.15) is 44.1 Å². The minimum absolute atomic E-state index is 0.322. The van der Waals surface area contributed by atoms with Gasteiger partial charge in [-0.25, -0.2) is 29.9 Å². The van der Waals surface area contributed by atoms with Gasteiger partial charge < -0.3 is 4.57 Å². The molecular formula is C49H39N7. The Morgan fingerprint density at radius 2 is 1.04 bits per heavy atom. The van der Waals surface area contributed by atoms with E-state index >= 15 is 0 Å². The Hall–Kier alpha value is -6.86. The fourth-order valence-electron chi connectivity index (χ4n) is 8.33. The lowest BCUT2D eigenvalue weighted by Gasteiger charge is -2.25. The third-order valence-corrected chi connectivity index (χ3v) is 11.3. The van der Waals surface area contributed by atoms with Crippen LogP contribution in [0.4, 0.5) is 0 Å². The van der Waals surface area contributed by atoms with E-state index < -0.39 is 0 Å². The van der Waals surface area contributed by atoms with Crippen LogP contribution in [-0.2, 0) is 5.54 Å². The van der Waals surface area contributed by atoms with Crippen molar-refractivity contribution >= 4 is 16.5 Å². The zero-order chi connectivity index (χ0) is 38.0. The van der Waals surface area contributed by atoms with Crippen molar-refractivity contribution in [1.29, 1.82) is 0 Å². The smallest absolute Gasteiger partial charge is 0.164 e. The molecule has 0 spiro atoms. The number of rotatable bonds is 6. The number of fused-ring (bicyclic) bond motifs is 5. The highest BCUT2D eigenvalue weighted by atomic mass is 15.1. The minimum atomic E-state index is -0.343. The molecule has 4 heterocycles. The first kappa shape index (κ1) is 33.7. The molecular weight excluding hydrogens is 687 g/mol. The highest BCUT2D eigenvalue weighted by molar-refractivity contribution is 5.97. The average Bonchev–Trinajstić information content (AvgIpc) is 3.68. The number of benzene rings is 5. The summed E-state index contributed by atoms with van der Waals surface area (Å²) in [6.07, 6.45) is 7.42. The quantitative estimate of drug-likeness (QED) is 0.170. The third kappa shape index (κ3) is 5.58. The van der Waals surface area contributed by atoms with Crippen molar-refractivity contribution in [2.75, 3.05) is 0 Å². The van der Waals surface area contributed by atoms with Gasteiger partial charge in [0.2, 0.25) is 0 Å². The second-order valence-corrected chi connectivity index (χ2v) is 15.3. The van der Waals surface area contributed by atoms with Crippen LogP contribution in [0.3, 0.4) is 0 Å². The zero-order valence-electron chi connectivity index (χ0n) is 31.8. The molecule has 56 heavy (non-hydrogen) atoms. The maximum atomic E-state index is 5.11. The molecule has 270 valence electrons. The first-order valence-corrected chi connectivity index (χ1v) is 19.2. The molecule has 1 aliphatic carbocycles. The minimum Gasteiger partial charge on any atom is -0.330 e. The summed E-state index contributed by atoms with van der Waals surface area (Å²) in [5.41, 5.74) is 11.7. The largest absolute Gasteiger partial charge is 0.330 e. The second kappa shape index (κ2) is 13.2. The molecule has 0 radical (unpaired) electrons. The van der Waals surface area contributed by atoms with Crippen LogP contribution >= 0.6 is 0 Å². The Balaban J connectivity index is 1.08. The van der Waals surface area contributed by atoms with Gasteiger partial charge in [0.05, 0.1) is 11.2 Å². The average molecular weight is 726 g/mol. The zero-order valence-corrected chi connectivity index (χ0v) is 31.8. The molecule has 1 aliphatic heterocycles. The Kier molecular flexibility index (Phi) is 7.92. The van der Waals surface area contributed by atoms with Crippen molar-refractivity contribution in [2.45, 2.75) is 39.7 Å². The van der Waals surface area contributed by atoms with Gasteiger partial charge in [0, 0.05) is 49.9 Å². The number of hydrogen-bond acceptors (Lipinski definition) is 6. The molecule has 3 aromatic heterocycles. The van der Waals surface area contributed by atoms with Crippen LogP contribution in [0.15, 0.2) is 146 Å². The van der Waals surface area contributed by atoms with Gasteiger partial charge in [-0.1, -0.05) is 128 Å². The lowest BCUT2D eigenvalue weighted by atomic mass is 9.90. The van der Waals surface area contributed by atoms with Crippen LogP contribution in [0.5, 0.6) is 0 Å². The fraction of sp³-hybridized carbons (Fsp3) is 0.143. The first-order valence-electron chi connectivity index (χ1n) is 19.2. The molecule has 0 fully saturated rings. The summed E-state index contributed by atoms with van der Waals surface area (Å²) in [7, 11) is 0. The van der Waals surface area contributed by atoms with Crippen molar-refractivity contribution < 1.29 is 0 Å². The van der Waals surface area contributed by atoms with E-state index in [4.69, 9.17) is 29.9 Å². The number of allylic oxidation sites excluding steroid dienone is 4. The van der Waals surface area contributed by atoms with E-state index in [1.807, 2.05) is 78.9 Å². The summed E-state index contributed by atoms with van der Waals surface area (Å²) >= 11 is 0. The van der Waals surface area contributed by atoms with Crippen LogP contribution in [-0.4, -0.2) is 34.5 Å². The van der Waals surface area contributed by atoms with Crippen LogP contribution in [0.2, 0.25) is 0 Å². The predicted molar refractivity (Wildman–Crippen MR) is 225 cm³/mol. The van der Waals surface area contributed by atoms with Crippen LogP contribution < -0.4 is 0 Å². The van der Waals surface area contributed by atoms with Crippen LogP contribution in [0, 0.1) is 12.8 Å². The monoisotopic (exact) mass is 725 g/mol. The Labute approximate surface area is 326 Å². The molecule has 0 saturated carbocycles. The molecule has 10 rings (SSSR count). The molecule has 8 aromatic rings. The van der Waals surface area contributed by atoms with Gasteiger partial charge in [0.25, 0.3) is 0 Å². The molecule has 0 amide bonds. The van der Waals surface area contributed by atoms with E-state index in [1.54, 1.807) is 0 Å². The summed E-state index contributed by atoms with van der Waals surface area (Å²) in [5, 5.41) is 1.19. The predicted octanol–water partition coefficient (Wildman–Crippen LogP) is 11.4. The van der Waals surface area contributed by atoms with Crippen LogP contribution in [0.25, 0.3) is 84.7 Å². The summed E-state index contributed by atoms with van der Waals surface area (Å²) in [6.45, 7) is 9.07. The summed E-state index contributed by atoms with van der Waals surface area (Å²) in [5.74, 6) is 4.37. The normalized spacial score (nSPS) is 15.4. The number of nitrogens with zero attached hydrogens (tertiary/aromatic N) is 7. The van der Waals surface area contributed by atoms with Gasteiger partial charge in [0.1, 0.15) is 0 Å². The molecule has 5 aromatic carbocycles. The van der Waals surface area contributed by atoms with E-state index in [0.717, 1.165) is 45.6 Å². The van der Waals surface area contributed by atoms with Crippen molar-refractivity contribution in [1.82, 2.24) is 34.5 Å². The van der Waals surface area contributed by atoms with E-state index in [1.165, 1.54) is 33.3 Å². The van der Waals surface area contributed by atoms with Crippen molar-refractivity contribution in [3.05, 3.63) is 163 Å². The number of hydrogen-bond donors (Lipinski definition) is 0. The molecule has 0 N–H and O–H groups in total. The van der Waals surface area contributed by atoms with Gasteiger partial charge in [0.15, 0.2) is 34.9 Å². The third-order valence-electron chi connectivity index (χ3n) is 11.3. The maximum absolute atomic E-state index is 5.11. The van der Waals surface area contributed by atoms with E-state index in [0.29, 0.717) is 35.0 Å². The van der Waals surface area contributed by atoms with Gasteiger partial charge in [-0.3, -0.25) is 0 Å². The molecule has 7 nitrogen and oxygen atoms in total. The van der Waals surface area contributed by atoms with E-state index in [9.17, 15) is 0 Å². The second-order valence-electron chi connectivity index (χ2n) is 15.3. The summed E-state index contributed by atoms with van der Waals surface area (Å²) in [4.78, 5) is 30.1.